The zero-order chi connectivity index (χ0) is 26.8. The standard InChI is InChI=1S/C25H24N3O8P/c1-4-25(13-12-21(35-25)28-14-16(2)22(29)26-24(28)32)15-34-37(33,27-17(3)23(30)31)36-20-11-7-9-18-8-5-6-10-19(18)20/h1,5-14,17,21H,15H2,2-3H3,(H,27,33)(H,30,31)(H,26,29,32)/t17?,21-,25+,37+/m1/s1. The number of ether oxygens (including phenoxy) is 1. The van der Waals surface area contributed by atoms with Gasteiger partial charge in [0.2, 0.25) is 0 Å². The Morgan fingerprint density at radius 2 is 2.05 bits per heavy atom. The number of hydrogen-bond acceptors (Lipinski definition) is 7. The number of carboxylic acids is 1. The van der Waals surface area contributed by atoms with Gasteiger partial charge in [-0.15, -0.1) is 6.42 Å². The molecule has 192 valence electrons. The van der Waals surface area contributed by atoms with E-state index in [0.29, 0.717) is 5.39 Å². The van der Waals surface area contributed by atoms with E-state index in [1.807, 2.05) is 18.2 Å². The summed E-state index contributed by atoms with van der Waals surface area (Å²) >= 11 is 0. The van der Waals surface area contributed by atoms with Crippen molar-refractivity contribution in [2.24, 2.45) is 0 Å². The van der Waals surface area contributed by atoms with Gasteiger partial charge in [-0.25, -0.2) is 9.36 Å². The van der Waals surface area contributed by atoms with Gasteiger partial charge in [0.1, 0.15) is 18.4 Å². The fourth-order valence-electron chi connectivity index (χ4n) is 3.63. The Morgan fingerprint density at radius 1 is 1.32 bits per heavy atom. The largest absolute Gasteiger partial charge is 0.480 e. The van der Waals surface area contributed by atoms with Crippen LogP contribution in [0.3, 0.4) is 0 Å². The molecular weight excluding hydrogens is 501 g/mol. The van der Waals surface area contributed by atoms with E-state index in [0.717, 1.165) is 9.95 Å². The van der Waals surface area contributed by atoms with Crippen LogP contribution in [0, 0.1) is 19.3 Å². The number of H-pyrrole nitrogens is 1. The lowest BCUT2D eigenvalue weighted by Gasteiger charge is -2.28. The molecule has 11 nitrogen and oxygen atoms in total. The highest BCUT2D eigenvalue weighted by molar-refractivity contribution is 7.52. The fraction of sp³-hybridized carbons (Fsp3) is 0.240. The highest BCUT2D eigenvalue weighted by Crippen LogP contribution is 2.48. The highest BCUT2D eigenvalue weighted by Gasteiger charge is 2.40. The van der Waals surface area contributed by atoms with Gasteiger partial charge in [-0.1, -0.05) is 42.3 Å². The number of aromatic nitrogens is 2. The number of terminal acetylenes is 1. The average molecular weight is 525 g/mol. The lowest BCUT2D eigenvalue weighted by molar-refractivity contribution is -0.138. The van der Waals surface area contributed by atoms with Crippen LogP contribution in [0.4, 0.5) is 0 Å². The Labute approximate surface area is 211 Å². The molecule has 3 N–H and O–H groups in total. The summed E-state index contributed by atoms with van der Waals surface area (Å²) in [6, 6.07) is 11.0. The van der Waals surface area contributed by atoms with Crippen molar-refractivity contribution in [2.75, 3.05) is 6.61 Å². The number of carboxylic acid groups (broad SMARTS) is 1. The van der Waals surface area contributed by atoms with E-state index in [1.54, 1.807) is 24.3 Å². The normalized spacial score (nSPS) is 21.3. The van der Waals surface area contributed by atoms with Crippen LogP contribution in [0.2, 0.25) is 0 Å². The summed E-state index contributed by atoms with van der Waals surface area (Å²) < 4.78 is 32.2. The van der Waals surface area contributed by atoms with Gasteiger partial charge >= 0.3 is 19.4 Å². The number of aryl methyl sites for hydroxylation is 1. The van der Waals surface area contributed by atoms with Gasteiger partial charge < -0.3 is 14.4 Å². The second-order valence-corrected chi connectivity index (χ2v) is 10.1. The number of benzene rings is 2. The Bertz CT molecular complexity index is 1580. The third-order valence-corrected chi connectivity index (χ3v) is 7.27. The molecule has 2 heterocycles. The number of fused-ring (bicyclic) bond motifs is 1. The van der Waals surface area contributed by atoms with Gasteiger partial charge in [0.05, 0.1) is 0 Å². The molecule has 1 unspecified atom stereocenters. The van der Waals surface area contributed by atoms with Gasteiger partial charge in [0.15, 0.2) is 11.8 Å². The lowest BCUT2D eigenvalue weighted by Crippen LogP contribution is -2.38. The Kier molecular flexibility index (Phi) is 7.21. The van der Waals surface area contributed by atoms with Crippen molar-refractivity contribution in [2.45, 2.75) is 31.7 Å². The van der Waals surface area contributed by atoms with E-state index >= 15 is 0 Å². The molecule has 0 saturated carbocycles. The molecule has 1 aliphatic rings. The van der Waals surface area contributed by atoms with Gasteiger partial charge in [-0.05, 0) is 37.5 Å². The van der Waals surface area contributed by atoms with Crippen LogP contribution in [0.1, 0.15) is 18.7 Å². The zero-order valence-electron chi connectivity index (χ0n) is 19.9. The average Bonchev–Trinajstić information content (AvgIpc) is 3.30. The van der Waals surface area contributed by atoms with Crippen molar-refractivity contribution >= 4 is 24.5 Å². The van der Waals surface area contributed by atoms with Crippen molar-refractivity contribution in [1.82, 2.24) is 14.6 Å². The number of aromatic amines is 1. The molecule has 0 amide bonds. The zero-order valence-corrected chi connectivity index (χ0v) is 20.8. The molecule has 1 aromatic heterocycles. The molecule has 37 heavy (non-hydrogen) atoms. The quantitative estimate of drug-likeness (QED) is 0.218. The SMILES string of the molecule is C#C[C@@]1(CO[P@@](=O)(NC(C)C(=O)O)Oc2cccc3ccccc23)C=C[C@H](n2cc(C)c(=O)[nH]c2=O)O1. The second-order valence-electron chi connectivity index (χ2n) is 8.41. The monoisotopic (exact) mass is 525 g/mol. The maximum Gasteiger partial charge on any atom is 0.459 e. The first kappa shape index (κ1) is 26.1. The van der Waals surface area contributed by atoms with E-state index in [2.05, 4.69) is 16.0 Å². The molecule has 0 spiro atoms. The first-order valence-electron chi connectivity index (χ1n) is 11.1. The smallest absolute Gasteiger partial charge is 0.459 e. The van der Waals surface area contributed by atoms with E-state index in [4.69, 9.17) is 20.2 Å². The van der Waals surface area contributed by atoms with Gasteiger partial charge in [0, 0.05) is 17.1 Å². The Balaban J connectivity index is 1.60. The summed E-state index contributed by atoms with van der Waals surface area (Å²) in [5.74, 6) is 1.35. The molecule has 0 bridgehead atoms. The van der Waals surface area contributed by atoms with Crippen LogP contribution in [0.5, 0.6) is 5.75 Å². The first-order chi connectivity index (χ1) is 17.5. The molecule has 12 heteroatoms. The van der Waals surface area contributed by atoms with Crippen LogP contribution in [-0.2, 0) is 18.6 Å². The van der Waals surface area contributed by atoms with Crippen molar-refractivity contribution in [1.29, 1.82) is 0 Å². The fourth-order valence-corrected chi connectivity index (χ4v) is 5.18. The molecule has 2 aromatic carbocycles. The first-order valence-corrected chi connectivity index (χ1v) is 12.7. The summed E-state index contributed by atoms with van der Waals surface area (Å²) in [5, 5.41) is 13.2. The maximum absolute atomic E-state index is 13.8. The number of aliphatic carboxylic acids is 1. The predicted octanol–water partition coefficient (Wildman–Crippen LogP) is 2.72. The summed E-state index contributed by atoms with van der Waals surface area (Å²) in [5.41, 5.74) is -2.52. The minimum Gasteiger partial charge on any atom is -0.480 e. The van der Waals surface area contributed by atoms with Crippen molar-refractivity contribution in [3.05, 3.63) is 87.2 Å². The highest BCUT2D eigenvalue weighted by atomic mass is 31.2. The molecule has 1 aliphatic heterocycles. The van der Waals surface area contributed by atoms with Crippen molar-refractivity contribution < 1.29 is 28.3 Å². The molecule has 0 aliphatic carbocycles. The maximum atomic E-state index is 13.8. The third kappa shape index (κ3) is 5.58. The molecular formula is C25H24N3O8P. The minimum atomic E-state index is -4.34. The number of nitrogens with zero attached hydrogens (tertiary/aromatic N) is 1. The van der Waals surface area contributed by atoms with Gasteiger partial charge in [0.25, 0.3) is 5.56 Å². The van der Waals surface area contributed by atoms with E-state index in [-0.39, 0.29) is 11.3 Å². The minimum absolute atomic E-state index is 0.206. The second kappa shape index (κ2) is 10.2. The summed E-state index contributed by atoms with van der Waals surface area (Å²) in [4.78, 5) is 37.6. The van der Waals surface area contributed by atoms with E-state index < -0.39 is 49.4 Å². The summed E-state index contributed by atoms with van der Waals surface area (Å²) in [7, 11) is -4.34. The van der Waals surface area contributed by atoms with Crippen LogP contribution in [0.15, 0.2) is 70.4 Å². The Morgan fingerprint density at radius 3 is 2.78 bits per heavy atom. The number of rotatable bonds is 9. The molecule has 0 saturated heterocycles. The molecule has 3 aromatic rings. The van der Waals surface area contributed by atoms with Gasteiger partial charge in [-0.2, -0.15) is 5.09 Å². The van der Waals surface area contributed by atoms with Crippen molar-refractivity contribution in [3.8, 4) is 18.1 Å². The summed E-state index contributed by atoms with van der Waals surface area (Å²) in [6.45, 7) is 2.31. The van der Waals surface area contributed by atoms with Crippen LogP contribution >= 0.6 is 7.75 Å². The van der Waals surface area contributed by atoms with Crippen molar-refractivity contribution in [3.63, 3.8) is 0 Å². The van der Waals surface area contributed by atoms with Gasteiger partial charge in [-0.3, -0.25) is 23.7 Å². The molecule has 0 fully saturated rings. The number of carbonyl (C=O) groups is 1. The number of hydrogen-bond donors (Lipinski definition) is 3. The van der Waals surface area contributed by atoms with Crippen LogP contribution in [0.25, 0.3) is 10.8 Å². The van der Waals surface area contributed by atoms with Crippen LogP contribution < -0.4 is 20.9 Å². The molecule has 4 rings (SSSR count). The lowest BCUT2D eigenvalue weighted by atomic mass is 10.1. The van der Waals surface area contributed by atoms with E-state index in [1.165, 1.54) is 32.2 Å². The number of nitrogens with one attached hydrogen (secondary N) is 2. The predicted molar refractivity (Wildman–Crippen MR) is 135 cm³/mol. The van der Waals surface area contributed by atoms with Crippen LogP contribution in [-0.4, -0.2) is 38.9 Å². The molecule has 4 atom stereocenters. The molecule has 0 radical (unpaired) electrons. The topological polar surface area (TPSA) is 149 Å². The third-order valence-electron chi connectivity index (χ3n) is 5.66. The van der Waals surface area contributed by atoms with E-state index in [9.17, 15) is 24.1 Å². The summed E-state index contributed by atoms with van der Waals surface area (Å²) in [6.07, 6.45) is 9.00. The Hall–Kier alpha value is -3.94.